The second kappa shape index (κ2) is 5.85. The highest BCUT2D eigenvalue weighted by Gasteiger charge is 2.43. The van der Waals surface area contributed by atoms with E-state index in [2.05, 4.69) is 10.1 Å². The number of alkyl halides is 3. The van der Waals surface area contributed by atoms with Gasteiger partial charge in [-0.3, -0.25) is 4.79 Å². The molecule has 1 aliphatic heterocycles. The number of halogens is 3. The standard InChI is InChI=1S/C7H13NO2.C2HF3O2/c1-3-7(4-8-5-7)6(9)10-2;3-2(4,5)1(6)7/h8H,3-5H2,1-2H3;(H,6,7). The summed E-state index contributed by atoms with van der Waals surface area (Å²) < 4.78 is 36.4. The van der Waals surface area contributed by atoms with Crippen LogP contribution in [0.2, 0.25) is 0 Å². The van der Waals surface area contributed by atoms with Crippen molar-refractivity contribution in [2.45, 2.75) is 19.5 Å². The normalized spacial score (nSPS) is 17.2. The number of carbonyl (C=O) groups is 2. The second-order valence-electron chi connectivity index (χ2n) is 3.53. The molecular formula is C9H14F3NO4. The zero-order chi connectivity index (χ0) is 13.7. The average molecular weight is 257 g/mol. The molecule has 0 aromatic rings. The van der Waals surface area contributed by atoms with E-state index in [1.165, 1.54) is 7.11 Å². The van der Waals surface area contributed by atoms with Crippen LogP contribution < -0.4 is 5.32 Å². The van der Waals surface area contributed by atoms with Gasteiger partial charge in [0.05, 0.1) is 12.5 Å². The smallest absolute Gasteiger partial charge is 0.475 e. The van der Waals surface area contributed by atoms with E-state index in [0.717, 1.165) is 19.5 Å². The van der Waals surface area contributed by atoms with Crippen molar-refractivity contribution >= 4 is 11.9 Å². The van der Waals surface area contributed by atoms with Crippen molar-refractivity contribution in [1.82, 2.24) is 5.32 Å². The molecule has 1 rings (SSSR count). The summed E-state index contributed by atoms with van der Waals surface area (Å²) in [5, 5.41) is 10.2. The minimum Gasteiger partial charge on any atom is -0.475 e. The van der Waals surface area contributed by atoms with E-state index in [1.807, 2.05) is 6.92 Å². The molecule has 0 saturated carbocycles. The molecule has 0 aromatic heterocycles. The average Bonchev–Trinajstić information content (AvgIpc) is 2.16. The number of carboxylic acids is 1. The summed E-state index contributed by atoms with van der Waals surface area (Å²) in [5.74, 6) is -2.83. The largest absolute Gasteiger partial charge is 0.490 e. The molecule has 5 nitrogen and oxygen atoms in total. The number of carbonyl (C=O) groups excluding carboxylic acids is 1. The van der Waals surface area contributed by atoms with Crippen molar-refractivity contribution in [3.8, 4) is 0 Å². The Hall–Kier alpha value is -1.31. The topological polar surface area (TPSA) is 75.6 Å². The van der Waals surface area contributed by atoms with Crippen LogP contribution in [0, 0.1) is 5.41 Å². The first-order chi connectivity index (χ1) is 7.69. The zero-order valence-corrected chi connectivity index (χ0v) is 9.43. The van der Waals surface area contributed by atoms with Gasteiger partial charge in [-0.1, -0.05) is 6.92 Å². The molecule has 8 heteroatoms. The van der Waals surface area contributed by atoms with Crippen molar-refractivity contribution < 1.29 is 32.6 Å². The van der Waals surface area contributed by atoms with Crippen LogP contribution in [0.15, 0.2) is 0 Å². The van der Waals surface area contributed by atoms with Crippen molar-refractivity contribution in [3.05, 3.63) is 0 Å². The molecule has 0 bridgehead atoms. The Morgan fingerprint density at radius 1 is 1.41 bits per heavy atom. The lowest BCUT2D eigenvalue weighted by molar-refractivity contribution is -0.192. The van der Waals surface area contributed by atoms with E-state index in [1.54, 1.807) is 0 Å². The summed E-state index contributed by atoms with van der Waals surface area (Å²) in [6.45, 7) is 3.56. The summed E-state index contributed by atoms with van der Waals surface area (Å²) >= 11 is 0. The fourth-order valence-corrected chi connectivity index (χ4v) is 1.18. The van der Waals surface area contributed by atoms with E-state index in [-0.39, 0.29) is 11.4 Å². The maximum atomic E-state index is 11.1. The van der Waals surface area contributed by atoms with Crippen LogP contribution in [-0.2, 0) is 14.3 Å². The Morgan fingerprint density at radius 3 is 1.88 bits per heavy atom. The van der Waals surface area contributed by atoms with Gasteiger partial charge in [0.15, 0.2) is 0 Å². The Morgan fingerprint density at radius 2 is 1.82 bits per heavy atom. The summed E-state index contributed by atoms with van der Waals surface area (Å²) in [7, 11) is 1.44. The molecule has 0 spiro atoms. The number of hydrogen-bond donors (Lipinski definition) is 2. The molecule has 2 N–H and O–H groups in total. The molecule has 0 radical (unpaired) electrons. The predicted octanol–water partition coefficient (Wildman–Crippen LogP) is 0.792. The summed E-state index contributed by atoms with van der Waals surface area (Å²) in [5.41, 5.74) is -0.200. The monoisotopic (exact) mass is 257 g/mol. The van der Waals surface area contributed by atoms with Crippen LogP contribution in [0.1, 0.15) is 13.3 Å². The fourth-order valence-electron chi connectivity index (χ4n) is 1.18. The first-order valence-corrected chi connectivity index (χ1v) is 4.79. The molecular weight excluding hydrogens is 243 g/mol. The Bertz CT molecular complexity index is 281. The SMILES string of the molecule is CCC1(C(=O)OC)CNC1.O=C(O)C(F)(F)F. The summed E-state index contributed by atoms with van der Waals surface area (Å²) in [6.07, 6.45) is -4.22. The van der Waals surface area contributed by atoms with Gasteiger partial charge in [-0.05, 0) is 6.42 Å². The van der Waals surface area contributed by atoms with Gasteiger partial charge < -0.3 is 15.2 Å². The second-order valence-corrected chi connectivity index (χ2v) is 3.53. The third-order valence-corrected chi connectivity index (χ3v) is 2.46. The summed E-state index contributed by atoms with van der Waals surface area (Å²) in [6, 6.07) is 0. The van der Waals surface area contributed by atoms with Gasteiger partial charge in [0, 0.05) is 13.1 Å². The molecule has 1 heterocycles. The molecule has 0 atom stereocenters. The van der Waals surface area contributed by atoms with Crippen LogP contribution in [0.25, 0.3) is 0 Å². The molecule has 17 heavy (non-hydrogen) atoms. The van der Waals surface area contributed by atoms with Crippen LogP contribution >= 0.6 is 0 Å². The van der Waals surface area contributed by atoms with E-state index < -0.39 is 12.1 Å². The molecule has 0 unspecified atom stereocenters. The lowest BCUT2D eigenvalue weighted by Gasteiger charge is -2.38. The first-order valence-electron chi connectivity index (χ1n) is 4.79. The molecule has 1 saturated heterocycles. The van der Waals surface area contributed by atoms with Crippen LogP contribution in [0.4, 0.5) is 13.2 Å². The van der Waals surface area contributed by atoms with Gasteiger partial charge in [-0.25, -0.2) is 4.79 Å². The van der Waals surface area contributed by atoms with E-state index in [0.29, 0.717) is 0 Å². The zero-order valence-electron chi connectivity index (χ0n) is 9.43. The van der Waals surface area contributed by atoms with Crippen LogP contribution in [0.3, 0.4) is 0 Å². The maximum Gasteiger partial charge on any atom is 0.490 e. The van der Waals surface area contributed by atoms with Gasteiger partial charge in [0.1, 0.15) is 0 Å². The van der Waals surface area contributed by atoms with Crippen molar-refractivity contribution in [2.75, 3.05) is 20.2 Å². The van der Waals surface area contributed by atoms with Gasteiger partial charge in [-0.2, -0.15) is 13.2 Å². The molecule has 0 aromatic carbocycles. The number of rotatable bonds is 2. The van der Waals surface area contributed by atoms with E-state index >= 15 is 0 Å². The van der Waals surface area contributed by atoms with Gasteiger partial charge in [0.25, 0.3) is 0 Å². The number of hydrogen-bond acceptors (Lipinski definition) is 4. The third-order valence-electron chi connectivity index (χ3n) is 2.46. The van der Waals surface area contributed by atoms with Crippen molar-refractivity contribution in [1.29, 1.82) is 0 Å². The number of carboxylic acid groups (broad SMARTS) is 1. The van der Waals surface area contributed by atoms with Crippen LogP contribution in [0.5, 0.6) is 0 Å². The number of methoxy groups -OCH3 is 1. The van der Waals surface area contributed by atoms with Gasteiger partial charge in [-0.15, -0.1) is 0 Å². The molecule has 0 aliphatic carbocycles. The van der Waals surface area contributed by atoms with Gasteiger partial charge in [0.2, 0.25) is 0 Å². The molecule has 0 amide bonds. The molecule has 1 aliphatic rings. The van der Waals surface area contributed by atoms with E-state index in [9.17, 15) is 18.0 Å². The Kier molecular flexibility index (Phi) is 5.40. The van der Waals surface area contributed by atoms with Crippen molar-refractivity contribution in [2.24, 2.45) is 5.41 Å². The van der Waals surface area contributed by atoms with Crippen LogP contribution in [-0.4, -0.2) is 43.4 Å². The Labute approximate surface area is 95.9 Å². The minimum absolute atomic E-state index is 0.0752. The number of esters is 1. The number of ether oxygens (including phenoxy) is 1. The summed E-state index contributed by atoms with van der Waals surface area (Å²) in [4.78, 5) is 20.0. The lowest BCUT2D eigenvalue weighted by Crippen LogP contribution is -2.58. The van der Waals surface area contributed by atoms with Gasteiger partial charge >= 0.3 is 18.1 Å². The maximum absolute atomic E-state index is 11.1. The van der Waals surface area contributed by atoms with E-state index in [4.69, 9.17) is 9.90 Å². The lowest BCUT2D eigenvalue weighted by atomic mass is 9.79. The minimum atomic E-state index is -5.08. The molecule has 100 valence electrons. The molecule has 1 fully saturated rings. The highest BCUT2D eigenvalue weighted by atomic mass is 19.4. The quantitative estimate of drug-likeness (QED) is 0.715. The van der Waals surface area contributed by atoms with Crippen molar-refractivity contribution in [3.63, 3.8) is 0 Å². The number of nitrogens with one attached hydrogen (secondary N) is 1. The first kappa shape index (κ1) is 15.7. The predicted molar refractivity (Wildman–Crippen MR) is 51.3 cm³/mol. The fraction of sp³-hybridized carbons (Fsp3) is 0.778. The Balaban J connectivity index is 0.000000325. The highest BCUT2D eigenvalue weighted by molar-refractivity contribution is 5.78. The highest BCUT2D eigenvalue weighted by Crippen LogP contribution is 2.27. The number of aliphatic carboxylic acids is 1. The third kappa shape index (κ3) is 4.22.